The quantitative estimate of drug-likeness (QED) is 0.477. The minimum atomic E-state index is -6.15. The van der Waals surface area contributed by atoms with Gasteiger partial charge in [-0.3, -0.25) is 4.79 Å². The van der Waals surface area contributed by atoms with Crippen LogP contribution in [0.15, 0.2) is 0 Å². The summed E-state index contributed by atoms with van der Waals surface area (Å²) in [5, 5.41) is 0. The smallest absolute Gasteiger partial charge is 0.431 e. The Hall–Kier alpha value is -1.02. The molecule has 4 saturated carbocycles. The fraction of sp³-hybridized carbons (Fsp3) is 0.941. The number of halogens is 7. The lowest BCUT2D eigenvalue weighted by molar-refractivity contribution is -0.345. The summed E-state index contributed by atoms with van der Waals surface area (Å²) >= 11 is 0. The van der Waals surface area contributed by atoms with E-state index in [1.165, 1.54) is 0 Å². The number of hydrogen-bond acceptors (Lipinski definition) is 2. The molecule has 4 fully saturated rings. The highest BCUT2D eigenvalue weighted by Gasteiger charge is 2.72. The van der Waals surface area contributed by atoms with Gasteiger partial charge in [-0.15, -0.1) is 0 Å². The maximum Gasteiger partial charge on any atom is 0.431 e. The van der Waals surface area contributed by atoms with Gasteiger partial charge in [-0.25, -0.2) is 4.39 Å². The highest BCUT2D eigenvalue weighted by atomic mass is 19.4. The van der Waals surface area contributed by atoms with Crippen LogP contribution in [0.3, 0.4) is 0 Å². The van der Waals surface area contributed by atoms with Crippen molar-refractivity contribution in [1.29, 1.82) is 0 Å². The molecule has 1 atom stereocenters. The molecule has 2 nitrogen and oxygen atoms in total. The first kappa shape index (κ1) is 19.7. The standard InChI is InChI=1S/C17H21F7O2/c1-9(5-15(18,16(19,20)21)17(22,23)24)13(25)26-14-6-10-2-11(7-14)4-12(3-10)8-14/h9-12H,2-8H2,1H3. The summed E-state index contributed by atoms with van der Waals surface area (Å²) in [6.45, 7) is 0.856. The average Bonchev–Trinajstić information content (AvgIpc) is 2.42. The normalized spacial score (nSPS) is 35.5. The van der Waals surface area contributed by atoms with Gasteiger partial charge in [-0.1, -0.05) is 6.92 Å². The van der Waals surface area contributed by atoms with Crippen LogP contribution < -0.4 is 0 Å². The number of carbonyl (C=O) groups excluding carboxylic acids is 1. The molecule has 26 heavy (non-hydrogen) atoms. The number of hydrogen-bond donors (Lipinski definition) is 0. The van der Waals surface area contributed by atoms with Crippen molar-refractivity contribution in [3.05, 3.63) is 0 Å². The zero-order chi connectivity index (χ0) is 19.5. The van der Waals surface area contributed by atoms with Crippen molar-refractivity contribution in [1.82, 2.24) is 0 Å². The van der Waals surface area contributed by atoms with Crippen LogP contribution in [0.2, 0.25) is 0 Å². The molecule has 1 unspecified atom stereocenters. The first-order valence-electron chi connectivity index (χ1n) is 8.80. The molecule has 0 radical (unpaired) electrons. The van der Waals surface area contributed by atoms with Crippen LogP contribution in [0, 0.1) is 23.7 Å². The monoisotopic (exact) mass is 390 g/mol. The van der Waals surface area contributed by atoms with Crippen LogP contribution in [-0.2, 0) is 9.53 Å². The van der Waals surface area contributed by atoms with Crippen molar-refractivity contribution < 1.29 is 40.3 Å². The van der Waals surface area contributed by atoms with Gasteiger partial charge in [0.25, 0.3) is 5.67 Å². The summed E-state index contributed by atoms with van der Waals surface area (Å²) in [5.41, 5.74) is -6.23. The molecule has 9 heteroatoms. The molecule has 0 N–H and O–H groups in total. The van der Waals surface area contributed by atoms with E-state index in [0.717, 1.165) is 26.2 Å². The molecule has 0 amide bonds. The Balaban J connectivity index is 1.70. The number of alkyl halides is 7. The van der Waals surface area contributed by atoms with Gasteiger partial charge < -0.3 is 4.74 Å². The lowest BCUT2D eigenvalue weighted by Crippen LogP contribution is -2.56. The predicted molar refractivity (Wildman–Crippen MR) is 76.7 cm³/mol. The van der Waals surface area contributed by atoms with Gasteiger partial charge in [-0.05, 0) is 56.3 Å². The number of ether oxygens (including phenoxy) is 1. The molecule has 0 heterocycles. The van der Waals surface area contributed by atoms with Gasteiger partial charge in [0, 0.05) is 6.42 Å². The summed E-state index contributed by atoms with van der Waals surface area (Å²) in [7, 11) is 0. The Bertz CT molecular complexity index is 517. The topological polar surface area (TPSA) is 26.3 Å². The largest absolute Gasteiger partial charge is 0.459 e. The van der Waals surface area contributed by atoms with E-state index >= 15 is 0 Å². The van der Waals surface area contributed by atoms with Gasteiger partial charge in [0.1, 0.15) is 5.60 Å². The third kappa shape index (κ3) is 3.30. The third-order valence-electron chi connectivity index (χ3n) is 6.19. The molecule has 0 aliphatic heterocycles. The van der Waals surface area contributed by atoms with E-state index in [9.17, 15) is 35.5 Å². The number of rotatable bonds is 4. The van der Waals surface area contributed by atoms with Crippen LogP contribution in [0.4, 0.5) is 30.7 Å². The number of esters is 1. The molecular weight excluding hydrogens is 369 g/mol. The van der Waals surface area contributed by atoms with Crippen molar-refractivity contribution in [2.75, 3.05) is 0 Å². The minimum Gasteiger partial charge on any atom is -0.459 e. The Morgan fingerprint density at radius 1 is 0.923 bits per heavy atom. The number of carbonyl (C=O) groups is 1. The van der Waals surface area contributed by atoms with Gasteiger partial charge in [0.15, 0.2) is 0 Å². The maximum absolute atomic E-state index is 13.9. The molecule has 0 aromatic carbocycles. The first-order valence-corrected chi connectivity index (χ1v) is 8.80. The first-order chi connectivity index (χ1) is 11.7. The van der Waals surface area contributed by atoms with Crippen molar-refractivity contribution in [3.63, 3.8) is 0 Å². The summed E-state index contributed by atoms with van der Waals surface area (Å²) in [6.07, 6.45) is -9.46. The zero-order valence-corrected chi connectivity index (χ0v) is 14.2. The van der Waals surface area contributed by atoms with Crippen LogP contribution in [0.5, 0.6) is 0 Å². The molecular formula is C17H21F7O2. The zero-order valence-electron chi connectivity index (χ0n) is 14.2. The summed E-state index contributed by atoms with van der Waals surface area (Å²) in [5.74, 6) is -1.88. The Morgan fingerprint density at radius 3 is 1.65 bits per heavy atom. The fourth-order valence-electron chi connectivity index (χ4n) is 5.37. The van der Waals surface area contributed by atoms with Crippen molar-refractivity contribution >= 4 is 5.97 Å². The summed E-state index contributed by atoms with van der Waals surface area (Å²) in [4.78, 5) is 12.2. The minimum absolute atomic E-state index is 0.384. The fourth-order valence-corrected chi connectivity index (χ4v) is 5.37. The predicted octanol–water partition coefficient (Wildman–Crippen LogP) is 5.36. The molecule has 0 aromatic heterocycles. The molecule has 0 saturated heterocycles. The van der Waals surface area contributed by atoms with Crippen LogP contribution in [0.25, 0.3) is 0 Å². The molecule has 4 bridgehead atoms. The van der Waals surface area contributed by atoms with E-state index in [4.69, 9.17) is 4.74 Å². The van der Waals surface area contributed by atoms with E-state index < -0.39 is 41.9 Å². The van der Waals surface area contributed by atoms with Gasteiger partial charge in [0.2, 0.25) is 0 Å². The van der Waals surface area contributed by atoms with E-state index in [0.29, 0.717) is 37.0 Å². The Kier molecular flexibility index (Phi) is 4.55. The van der Waals surface area contributed by atoms with Crippen molar-refractivity contribution in [2.45, 2.75) is 75.5 Å². The van der Waals surface area contributed by atoms with Gasteiger partial charge >= 0.3 is 18.3 Å². The summed E-state index contributed by atoms with van der Waals surface area (Å²) < 4.78 is 95.5. The lowest BCUT2D eigenvalue weighted by Gasteiger charge is -2.55. The SMILES string of the molecule is CC(CC(F)(C(F)(F)F)C(F)(F)F)C(=O)OC12CC3CC(CC(C3)C1)C2. The molecule has 4 aliphatic carbocycles. The summed E-state index contributed by atoms with van der Waals surface area (Å²) in [6, 6.07) is 0. The van der Waals surface area contributed by atoms with Crippen molar-refractivity contribution in [3.8, 4) is 0 Å². The van der Waals surface area contributed by atoms with E-state index in [1.54, 1.807) is 0 Å². The second-order valence-corrected chi connectivity index (χ2v) is 8.42. The maximum atomic E-state index is 13.9. The second-order valence-electron chi connectivity index (χ2n) is 8.42. The van der Waals surface area contributed by atoms with Crippen LogP contribution in [-0.4, -0.2) is 29.6 Å². The highest BCUT2D eigenvalue weighted by Crippen LogP contribution is 2.57. The molecule has 150 valence electrons. The molecule has 4 aliphatic rings. The average molecular weight is 390 g/mol. The van der Waals surface area contributed by atoms with Gasteiger partial charge in [-0.2, -0.15) is 26.3 Å². The Labute approximate surface area is 146 Å². The third-order valence-corrected chi connectivity index (χ3v) is 6.19. The molecule has 0 spiro atoms. The van der Waals surface area contributed by atoms with Crippen LogP contribution >= 0.6 is 0 Å². The Morgan fingerprint density at radius 2 is 1.31 bits per heavy atom. The van der Waals surface area contributed by atoms with E-state index in [-0.39, 0.29) is 0 Å². The van der Waals surface area contributed by atoms with Crippen molar-refractivity contribution in [2.24, 2.45) is 23.7 Å². The van der Waals surface area contributed by atoms with E-state index in [1.807, 2.05) is 0 Å². The van der Waals surface area contributed by atoms with Gasteiger partial charge in [0.05, 0.1) is 5.92 Å². The van der Waals surface area contributed by atoms with Crippen LogP contribution in [0.1, 0.15) is 51.9 Å². The molecule has 4 rings (SSSR count). The highest BCUT2D eigenvalue weighted by molar-refractivity contribution is 5.72. The lowest BCUT2D eigenvalue weighted by atomic mass is 9.54. The van der Waals surface area contributed by atoms with E-state index in [2.05, 4.69) is 0 Å². The molecule has 0 aromatic rings. The second kappa shape index (κ2) is 5.99.